The van der Waals surface area contributed by atoms with Crippen molar-refractivity contribution in [2.45, 2.75) is 37.5 Å². The Kier molecular flexibility index (Phi) is 3.34. The molecule has 3 heteroatoms. The largest absolute Gasteiger partial charge is 0.146 e. The van der Waals surface area contributed by atoms with Crippen molar-refractivity contribution in [3.8, 4) is 0 Å². The molecule has 1 aromatic rings. The van der Waals surface area contributed by atoms with E-state index in [1.54, 1.807) is 11.3 Å². The predicted octanol–water partition coefficient (Wildman–Crippen LogP) is 5.62. The van der Waals surface area contributed by atoms with E-state index < -0.39 is 0 Å². The van der Waals surface area contributed by atoms with E-state index in [9.17, 15) is 0 Å². The maximum atomic E-state index is 6.55. The van der Waals surface area contributed by atoms with E-state index in [1.165, 1.54) is 41.5 Å². The first-order chi connectivity index (χ1) is 7.74. The van der Waals surface area contributed by atoms with Gasteiger partial charge >= 0.3 is 0 Å². The lowest BCUT2D eigenvalue weighted by Crippen LogP contribution is -2.12. The average molecular weight is 320 g/mol. The van der Waals surface area contributed by atoms with Gasteiger partial charge in [0.15, 0.2) is 0 Å². The van der Waals surface area contributed by atoms with E-state index in [-0.39, 0.29) is 5.38 Å². The van der Waals surface area contributed by atoms with E-state index in [4.69, 9.17) is 11.6 Å². The van der Waals surface area contributed by atoms with Crippen LogP contribution in [0.15, 0.2) is 15.9 Å². The van der Waals surface area contributed by atoms with Crippen molar-refractivity contribution in [3.05, 3.63) is 20.8 Å². The lowest BCUT2D eigenvalue weighted by atomic mass is 9.85. The van der Waals surface area contributed by atoms with Crippen molar-refractivity contribution >= 4 is 38.9 Å². The highest BCUT2D eigenvalue weighted by atomic mass is 79.9. The monoisotopic (exact) mass is 318 g/mol. The lowest BCUT2D eigenvalue weighted by molar-refractivity contribution is 0.312. The molecule has 0 spiro atoms. The maximum absolute atomic E-state index is 6.55. The summed E-state index contributed by atoms with van der Waals surface area (Å²) in [7, 11) is 0. The quantitative estimate of drug-likeness (QED) is 0.635. The lowest BCUT2D eigenvalue weighted by Gasteiger charge is -2.23. The molecule has 0 saturated heterocycles. The summed E-state index contributed by atoms with van der Waals surface area (Å²) >= 11 is 11.9. The molecule has 2 aliphatic rings. The highest BCUT2D eigenvalue weighted by molar-refractivity contribution is 9.10. The summed E-state index contributed by atoms with van der Waals surface area (Å²) in [6.45, 7) is 0. The second-order valence-corrected chi connectivity index (χ2v) is 7.60. The third kappa shape index (κ3) is 2.09. The van der Waals surface area contributed by atoms with Gasteiger partial charge in [0.2, 0.25) is 0 Å². The van der Waals surface area contributed by atoms with Crippen LogP contribution in [0.1, 0.15) is 42.4 Å². The molecule has 0 nitrogen and oxygen atoms in total. The minimum absolute atomic E-state index is 0.221. The zero-order valence-corrected chi connectivity index (χ0v) is 12.3. The van der Waals surface area contributed by atoms with E-state index in [0.717, 1.165) is 17.8 Å². The van der Waals surface area contributed by atoms with Gasteiger partial charge in [-0.25, -0.2) is 0 Å². The number of hydrogen-bond donors (Lipinski definition) is 0. The number of rotatable bonds is 3. The number of fused-ring (bicyclic) bond motifs is 2. The molecule has 1 aromatic heterocycles. The molecule has 4 atom stereocenters. The van der Waals surface area contributed by atoms with Gasteiger partial charge in [0.05, 0.1) is 5.38 Å². The molecule has 88 valence electrons. The number of thiophene rings is 1. The summed E-state index contributed by atoms with van der Waals surface area (Å²) in [5.41, 5.74) is 0. The normalized spacial score (nSPS) is 34.5. The molecule has 0 aromatic carbocycles. The highest BCUT2D eigenvalue weighted by Gasteiger charge is 2.40. The van der Waals surface area contributed by atoms with Crippen LogP contribution in [0.4, 0.5) is 0 Å². The smallest absolute Gasteiger partial charge is 0.0692 e. The van der Waals surface area contributed by atoms with E-state index >= 15 is 0 Å². The molecule has 2 saturated carbocycles. The van der Waals surface area contributed by atoms with Crippen LogP contribution in [0, 0.1) is 17.8 Å². The molecule has 0 N–H and O–H groups in total. The van der Waals surface area contributed by atoms with Gasteiger partial charge in [0, 0.05) is 9.35 Å². The Bertz CT molecular complexity index is 376. The van der Waals surface area contributed by atoms with Crippen molar-refractivity contribution in [2.24, 2.45) is 17.8 Å². The molecule has 0 radical (unpaired) electrons. The Hall–Kier alpha value is 0.470. The molecule has 2 aliphatic carbocycles. The Morgan fingerprint density at radius 3 is 2.88 bits per heavy atom. The fraction of sp³-hybridized carbons (Fsp3) is 0.692. The summed E-state index contributed by atoms with van der Waals surface area (Å²) < 4.78 is 1.20. The Morgan fingerprint density at radius 1 is 1.44 bits per heavy atom. The third-order valence-corrected chi connectivity index (χ3v) is 6.83. The van der Waals surface area contributed by atoms with Crippen LogP contribution >= 0.6 is 38.9 Å². The maximum Gasteiger partial charge on any atom is 0.0692 e. The first-order valence-electron chi connectivity index (χ1n) is 6.11. The molecular formula is C13H16BrClS. The van der Waals surface area contributed by atoms with E-state index in [0.29, 0.717) is 0 Å². The standard InChI is InChI=1S/C13H16BrClS/c14-11-3-4-16-13(11)12(15)7-10-6-8-1-2-9(10)5-8/h3-4,8-10,12H,1-2,5-7H2. The summed E-state index contributed by atoms with van der Waals surface area (Å²) in [6, 6.07) is 2.11. The Morgan fingerprint density at radius 2 is 2.31 bits per heavy atom. The molecule has 3 rings (SSSR count). The fourth-order valence-electron chi connectivity index (χ4n) is 3.57. The van der Waals surface area contributed by atoms with Crippen LogP contribution in [0.5, 0.6) is 0 Å². The molecule has 4 unspecified atom stereocenters. The first kappa shape index (κ1) is 11.6. The second kappa shape index (κ2) is 4.62. The molecule has 16 heavy (non-hydrogen) atoms. The molecule has 1 heterocycles. The van der Waals surface area contributed by atoms with Gasteiger partial charge in [0.1, 0.15) is 0 Å². The van der Waals surface area contributed by atoms with Crippen molar-refractivity contribution in [1.82, 2.24) is 0 Å². The number of alkyl halides is 1. The van der Waals surface area contributed by atoms with Crippen LogP contribution in [-0.2, 0) is 0 Å². The fourth-order valence-corrected chi connectivity index (χ4v) is 5.84. The zero-order valence-electron chi connectivity index (χ0n) is 9.16. The van der Waals surface area contributed by atoms with E-state index in [2.05, 4.69) is 27.4 Å². The molecule has 0 amide bonds. The first-order valence-corrected chi connectivity index (χ1v) is 8.22. The summed E-state index contributed by atoms with van der Waals surface area (Å²) in [5.74, 6) is 2.92. The summed E-state index contributed by atoms with van der Waals surface area (Å²) in [4.78, 5) is 1.32. The molecule has 0 aliphatic heterocycles. The van der Waals surface area contributed by atoms with Crippen LogP contribution in [0.2, 0.25) is 0 Å². The molecular weight excluding hydrogens is 304 g/mol. The van der Waals surface area contributed by atoms with Gasteiger partial charge in [-0.1, -0.05) is 6.42 Å². The summed E-state index contributed by atoms with van der Waals surface area (Å²) in [5, 5.41) is 2.34. The van der Waals surface area contributed by atoms with Gasteiger partial charge < -0.3 is 0 Å². The van der Waals surface area contributed by atoms with Gasteiger partial charge in [-0.3, -0.25) is 0 Å². The van der Waals surface area contributed by atoms with Gasteiger partial charge in [-0.15, -0.1) is 22.9 Å². The van der Waals surface area contributed by atoms with Crippen LogP contribution in [0.3, 0.4) is 0 Å². The van der Waals surface area contributed by atoms with Crippen LogP contribution < -0.4 is 0 Å². The minimum Gasteiger partial charge on any atom is -0.146 e. The Balaban J connectivity index is 1.65. The minimum atomic E-state index is 0.221. The average Bonchev–Trinajstić information content (AvgIpc) is 2.92. The van der Waals surface area contributed by atoms with Crippen LogP contribution in [-0.4, -0.2) is 0 Å². The van der Waals surface area contributed by atoms with Crippen molar-refractivity contribution < 1.29 is 0 Å². The van der Waals surface area contributed by atoms with Crippen LogP contribution in [0.25, 0.3) is 0 Å². The van der Waals surface area contributed by atoms with E-state index in [1.807, 2.05) is 0 Å². The van der Waals surface area contributed by atoms with Gasteiger partial charge in [0.25, 0.3) is 0 Å². The SMILES string of the molecule is ClC(CC1CC2CCC1C2)c1sccc1Br. The van der Waals surface area contributed by atoms with Gasteiger partial charge in [-0.05, 0) is 70.8 Å². The van der Waals surface area contributed by atoms with Crippen molar-refractivity contribution in [2.75, 3.05) is 0 Å². The zero-order chi connectivity index (χ0) is 11.1. The van der Waals surface area contributed by atoms with Crippen molar-refractivity contribution in [3.63, 3.8) is 0 Å². The molecule has 2 bridgehead atoms. The number of halogens is 2. The highest BCUT2D eigenvalue weighted by Crippen LogP contribution is 2.52. The molecule has 2 fully saturated rings. The van der Waals surface area contributed by atoms with Crippen molar-refractivity contribution in [1.29, 1.82) is 0 Å². The summed E-state index contributed by atoms with van der Waals surface area (Å²) in [6.07, 6.45) is 7.06. The third-order valence-electron chi connectivity index (χ3n) is 4.32. The topological polar surface area (TPSA) is 0 Å². The van der Waals surface area contributed by atoms with Gasteiger partial charge in [-0.2, -0.15) is 0 Å². The Labute approximate surface area is 115 Å². The predicted molar refractivity (Wildman–Crippen MR) is 74.2 cm³/mol. The number of hydrogen-bond acceptors (Lipinski definition) is 1. The second-order valence-electron chi connectivity index (χ2n) is 5.27.